The molecule has 2 rings (SSSR count). The van der Waals surface area contributed by atoms with Gasteiger partial charge < -0.3 is 4.57 Å². The summed E-state index contributed by atoms with van der Waals surface area (Å²) in [5.41, 5.74) is 2.97. The Bertz CT molecular complexity index is 545. The van der Waals surface area contributed by atoms with E-state index in [1.54, 1.807) is 0 Å². The molecule has 2 aromatic heterocycles. The highest BCUT2D eigenvalue weighted by Crippen LogP contribution is 2.19. The number of hydrogen-bond acceptors (Lipinski definition) is 4. The van der Waals surface area contributed by atoms with E-state index in [0.717, 1.165) is 23.5 Å². The van der Waals surface area contributed by atoms with E-state index in [1.807, 2.05) is 19.9 Å². The summed E-state index contributed by atoms with van der Waals surface area (Å²) >= 11 is 1.37. The summed E-state index contributed by atoms with van der Waals surface area (Å²) in [7, 11) is 0. The highest BCUT2D eigenvalue weighted by atomic mass is 32.2. The summed E-state index contributed by atoms with van der Waals surface area (Å²) in [6.45, 7) is 6.98. The molecule has 0 aliphatic carbocycles. The van der Waals surface area contributed by atoms with Gasteiger partial charge in [-0.2, -0.15) is 5.10 Å². The number of aromatic nitrogens is 4. The minimum absolute atomic E-state index is 0.129. The van der Waals surface area contributed by atoms with Crippen molar-refractivity contribution >= 4 is 17.5 Å². The third kappa shape index (κ3) is 2.48. The average Bonchev–Trinajstić information content (AvgIpc) is 2.95. The zero-order valence-corrected chi connectivity index (χ0v) is 11.5. The predicted octanol–water partition coefficient (Wildman–Crippen LogP) is 2.22. The molecule has 5 nitrogen and oxygen atoms in total. The van der Waals surface area contributed by atoms with Crippen molar-refractivity contribution in [2.24, 2.45) is 0 Å². The molecule has 0 fully saturated rings. The number of hydrogen-bond donors (Lipinski definition) is 1. The lowest BCUT2D eigenvalue weighted by molar-refractivity contribution is 0.102. The maximum atomic E-state index is 12.1. The summed E-state index contributed by atoms with van der Waals surface area (Å²) in [5.74, 6) is 0.507. The van der Waals surface area contributed by atoms with Crippen LogP contribution in [0.4, 0.5) is 0 Å². The van der Waals surface area contributed by atoms with Crippen molar-refractivity contribution in [3.63, 3.8) is 0 Å². The van der Waals surface area contributed by atoms with Gasteiger partial charge in [-0.25, -0.2) is 4.98 Å². The standard InChI is InChI=1S/C12H16N4OS/c1-4-16-8(2)5-10(9(16)3)11(17)6-18-12-13-7-14-15-12/h5,7H,4,6H2,1-3H3,(H,13,14,15). The van der Waals surface area contributed by atoms with Gasteiger partial charge in [0.2, 0.25) is 0 Å². The van der Waals surface area contributed by atoms with Crippen molar-refractivity contribution in [3.8, 4) is 0 Å². The van der Waals surface area contributed by atoms with Crippen LogP contribution in [-0.4, -0.2) is 31.3 Å². The molecule has 0 radical (unpaired) electrons. The van der Waals surface area contributed by atoms with Crippen LogP contribution in [0.15, 0.2) is 17.6 Å². The van der Waals surface area contributed by atoms with E-state index in [1.165, 1.54) is 18.1 Å². The second-order valence-electron chi connectivity index (χ2n) is 4.03. The van der Waals surface area contributed by atoms with Crippen molar-refractivity contribution < 1.29 is 4.79 Å². The van der Waals surface area contributed by atoms with Gasteiger partial charge in [0.25, 0.3) is 0 Å². The lowest BCUT2D eigenvalue weighted by Crippen LogP contribution is -2.06. The first-order chi connectivity index (χ1) is 8.63. The fourth-order valence-electron chi connectivity index (χ4n) is 2.05. The molecule has 0 atom stereocenters. The minimum atomic E-state index is 0.129. The van der Waals surface area contributed by atoms with Crippen LogP contribution in [0.3, 0.4) is 0 Å². The molecule has 2 aromatic rings. The fourth-order valence-corrected chi connectivity index (χ4v) is 2.71. The van der Waals surface area contributed by atoms with Gasteiger partial charge in [0, 0.05) is 23.5 Å². The van der Waals surface area contributed by atoms with Gasteiger partial charge in [-0.15, -0.1) is 0 Å². The van der Waals surface area contributed by atoms with Crippen molar-refractivity contribution in [2.75, 3.05) is 5.75 Å². The lowest BCUT2D eigenvalue weighted by Gasteiger charge is -2.05. The topological polar surface area (TPSA) is 63.6 Å². The first kappa shape index (κ1) is 12.9. The quantitative estimate of drug-likeness (QED) is 0.664. The van der Waals surface area contributed by atoms with Crippen LogP contribution >= 0.6 is 11.8 Å². The normalized spacial score (nSPS) is 10.8. The number of carbonyl (C=O) groups is 1. The van der Waals surface area contributed by atoms with Crippen LogP contribution in [0.1, 0.15) is 28.7 Å². The first-order valence-electron chi connectivity index (χ1n) is 5.81. The molecule has 6 heteroatoms. The highest BCUT2D eigenvalue weighted by Gasteiger charge is 2.15. The second-order valence-corrected chi connectivity index (χ2v) is 5.00. The Morgan fingerprint density at radius 3 is 2.83 bits per heavy atom. The Kier molecular flexibility index (Phi) is 3.86. The van der Waals surface area contributed by atoms with Crippen molar-refractivity contribution in [2.45, 2.75) is 32.5 Å². The van der Waals surface area contributed by atoms with Crippen molar-refractivity contribution in [1.82, 2.24) is 19.7 Å². The van der Waals surface area contributed by atoms with Gasteiger partial charge in [0.1, 0.15) is 6.33 Å². The number of carbonyl (C=O) groups excluding carboxylic acids is 1. The molecule has 0 aromatic carbocycles. The van der Waals surface area contributed by atoms with Gasteiger partial charge in [0.15, 0.2) is 10.9 Å². The number of nitrogens with one attached hydrogen (secondary N) is 1. The molecule has 18 heavy (non-hydrogen) atoms. The Hall–Kier alpha value is -1.56. The molecule has 0 aliphatic rings. The van der Waals surface area contributed by atoms with E-state index >= 15 is 0 Å². The van der Waals surface area contributed by atoms with E-state index < -0.39 is 0 Å². The highest BCUT2D eigenvalue weighted by molar-refractivity contribution is 7.99. The number of ketones is 1. The van der Waals surface area contributed by atoms with Gasteiger partial charge in [-0.05, 0) is 26.8 Å². The molecular weight excluding hydrogens is 248 g/mol. The average molecular weight is 264 g/mol. The van der Waals surface area contributed by atoms with Crippen LogP contribution in [0, 0.1) is 13.8 Å². The third-order valence-electron chi connectivity index (χ3n) is 2.92. The lowest BCUT2D eigenvalue weighted by atomic mass is 10.2. The largest absolute Gasteiger partial charge is 0.349 e. The number of H-pyrrole nitrogens is 1. The molecule has 0 bridgehead atoms. The smallest absolute Gasteiger partial charge is 0.183 e. The third-order valence-corrected chi connectivity index (χ3v) is 3.80. The van der Waals surface area contributed by atoms with E-state index in [-0.39, 0.29) is 5.78 Å². The van der Waals surface area contributed by atoms with Crippen LogP contribution in [0.5, 0.6) is 0 Å². The maximum absolute atomic E-state index is 12.1. The summed E-state index contributed by atoms with van der Waals surface area (Å²) < 4.78 is 2.15. The van der Waals surface area contributed by atoms with E-state index in [4.69, 9.17) is 0 Å². The van der Waals surface area contributed by atoms with Gasteiger partial charge >= 0.3 is 0 Å². The molecule has 1 N–H and O–H groups in total. The molecule has 0 saturated carbocycles. The number of rotatable bonds is 5. The molecule has 0 aliphatic heterocycles. The zero-order valence-electron chi connectivity index (χ0n) is 10.7. The Morgan fingerprint density at radius 2 is 2.28 bits per heavy atom. The number of nitrogens with zero attached hydrogens (tertiary/aromatic N) is 3. The Labute approximate surface area is 110 Å². The van der Waals surface area contributed by atoms with Crippen molar-refractivity contribution in [3.05, 3.63) is 29.3 Å². The number of aromatic amines is 1. The van der Waals surface area contributed by atoms with Gasteiger partial charge in [-0.1, -0.05) is 11.8 Å². The summed E-state index contributed by atoms with van der Waals surface area (Å²) in [4.78, 5) is 16.1. The second kappa shape index (κ2) is 5.39. The number of aryl methyl sites for hydroxylation is 1. The summed E-state index contributed by atoms with van der Waals surface area (Å²) in [6, 6.07) is 1.96. The fraction of sp³-hybridized carbons (Fsp3) is 0.417. The molecule has 0 spiro atoms. The van der Waals surface area contributed by atoms with Gasteiger partial charge in [0.05, 0.1) is 5.75 Å². The predicted molar refractivity (Wildman–Crippen MR) is 71.0 cm³/mol. The van der Waals surface area contributed by atoms with Crippen molar-refractivity contribution in [1.29, 1.82) is 0 Å². The molecule has 0 amide bonds. The molecule has 96 valence electrons. The number of Topliss-reactive ketones (excluding diaryl/α,β-unsaturated/α-hetero) is 1. The monoisotopic (exact) mass is 264 g/mol. The van der Waals surface area contributed by atoms with Crippen LogP contribution in [0.2, 0.25) is 0 Å². The maximum Gasteiger partial charge on any atom is 0.183 e. The summed E-state index contributed by atoms with van der Waals surface area (Å²) in [5, 5.41) is 7.15. The minimum Gasteiger partial charge on any atom is -0.349 e. The molecular formula is C12H16N4OS. The van der Waals surface area contributed by atoms with Crippen LogP contribution < -0.4 is 0 Å². The van der Waals surface area contributed by atoms with Crippen LogP contribution in [0.25, 0.3) is 0 Å². The van der Waals surface area contributed by atoms with Gasteiger partial charge in [-0.3, -0.25) is 9.89 Å². The Balaban J connectivity index is 2.09. The number of thioether (sulfide) groups is 1. The van der Waals surface area contributed by atoms with E-state index in [9.17, 15) is 4.79 Å². The van der Waals surface area contributed by atoms with Crippen LogP contribution in [-0.2, 0) is 6.54 Å². The van der Waals surface area contributed by atoms with E-state index in [2.05, 4.69) is 26.7 Å². The molecule has 2 heterocycles. The molecule has 0 unspecified atom stereocenters. The zero-order chi connectivity index (χ0) is 13.1. The first-order valence-corrected chi connectivity index (χ1v) is 6.80. The van der Waals surface area contributed by atoms with E-state index in [0.29, 0.717) is 10.9 Å². The summed E-state index contributed by atoms with van der Waals surface area (Å²) in [6.07, 6.45) is 1.44. The Morgan fingerprint density at radius 1 is 1.50 bits per heavy atom. The SMILES string of the molecule is CCn1c(C)cc(C(=O)CSc2ncn[nH]2)c1C. The molecule has 0 saturated heterocycles.